The standard InChI is InChI=1S/C25H39N5O4/c1-7-8-13-30-22(26)21(23(32)27-24(30)33)29(14-15-34-6)20(31)17-28(5)16-18-9-11-19(12-10-18)25(2,3)4/h9-12H,7-8,13-17,26H2,1-6H3,(H,27,32,33). The zero-order chi connectivity index (χ0) is 25.5. The quantitative estimate of drug-likeness (QED) is 0.518. The van der Waals surface area contributed by atoms with Crippen LogP contribution in [-0.4, -0.2) is 54.2 Å². The van der Waals surface area contributed by atoms with E-state index >= 15 is 0 Å². The van der Waals surface area contributed by atoms with Gasteiger partial charge in [-0.1, -0.05) is 58.4 Å². The number of H-pyrrole nitrogens is 1. The fourth-order valence-electron chi connectivity index (χ4n) is 3.71. The van der Waals surface area contributed by atoms with E-state index in [0.29, 0.717) is 13.1 Å². The van der Waals surface area contributed by atoms with Crippen LogP contribution in [0.3, 0.4) is 0 Å². The number of nitrogens with zero attached hydrogens (tertiary/aromatic N) is 3. The summed E-state index contributed by atoms with van der Waals surface area (Å²) in [7, 11) is 3.37. The lowest BCUT2D eigenvalue weighted by Gasteiger charge is -2.26. The van der Waals surface area contributed by atoms with E-state index in [1.54, 1.807) is 0 Å². The number of nitrogens with one attached hydrogen (secondary N) is 1. The molecule has 0 saturated carbocycles. The van der Waals surface area contributed by atoms with Gasteiger partial charge in [-0.2, -0.15) is 0 Å². The van der Waals surface area contributed by atoms with Gasteiger partial charge in [0.1, 0.15) is 5.82 Å². The van der Waals surface area contributed by atoms with Gasteiger partial charge >= 0.3 is 5.69 Å². The second-order valence-electron chi connectivity index (χ2n) is 9.66. The zero-order valence-corrected chi connectivity index (χ0v) is 21.3. The molecule has 1 aromatic carbocycles. The van der Waals surface area contributed by atoms with E-state index in [2.05, 4.69) is 50.0 Å². The summed E-state index contributed by atoms with van der Waals surface area (Å²) in [6.07, 6.45) is 1.58. The third-order valence-corrected chi connectivity index (χ3v) is 5.72. The number of unbranched alkanes of at least 4 members (excludes halogenated alkanes) is 1. The van der Waals surface area contributed by atoms with Crippen molar-refractivity contribution >= 4 is 17.4 Å². The first-order valence-electron chi connectivity index (χ1n) is 11.7. The molecule has 0 atom stereocenters. The van der Waals surface area contributed by atoms with E-state index in [0.717, 1.165) is 18.4 Å². The molecular weight excluding hydrogens is 434 g/mol. The predicted octanol–water partition coefficient (Wildman–Crippen LogP) is 2.33. The topological polar surface area (TPSA) is 114 Å². The average molecular weight is 474 g/mol. The van der Waals surface area contributed by atoms with Crippen LogP contribution >= 0.6 is 0 Å². The number of nitrogens with two attached hydrogens (primary N) is 1. The molecule has 3 N–H and O–H groups in total. The third kappa shape index (κ3) is 7.04. The van der Waals surface area contributed by atoms with Crippen LogP contribution in [0.4, 0.5) is 11.5 Å². The minimum atomic E-state index is -0.680. The summed E-state index contributed by atoms with van der Waals surface area (Å²) in [6, 6.07) is 8.35. The van der Waals surface area contributed by atoms with Crippen molar-refractivity contribution in [2.75, 3.05) is 44.5 Å². The van der Waals surface area contributed by atoms with Crippen molar-refractivity contribution < 1.29 is 9.53 Å². The van der Waals surface area contributed by atoms with Crippen LogP contribution in [0.2, 0.25) is 0 Å². The van der Waals surface area contributed by atoms with Crippen LogP contribution in [0.25, 0.3) is 0 Å². The Balaban J connectivity index is 2.26. The maximum Gasteiger partial charge on any atom is 0.330 e. The lowest BCUT2D eigenvalue weighted by atomic mass is 9.87. The Morgan fingerprint density at radius 3 is 2.38 bits per heavy atom. The Morgan fingerprint density at radius 2 is 1.82 bits per heavy atom. The van der Waals surface area contributed by atoms with E-state index in [1.165, 1.54) is 22.1 Å². The van der Waals surface area contributed by atoms with Gasteiger partial charge in [-0.3, -0.25) is 24.0 Å². The van der Waals surface area contributed by atoms with Crippen LogP contribution in [0.5, 0.6) is 0 Å². The Bertz CT molecular complexity index is 1070. The number of benzene rings is 1. The molecule has 0 aliphatic rings. The van der Waals surface area contributed by atoms with Gasteiger partial charge in [-0.25, -0.2) is 4.79 Å². The highest BCUT2D eigenvalue weighted by Gasteiger charge is 2.25. The highest BCUT2D eigenvalue weighted by Crippen LogP contribution is 2.22. The summed E-state index contributed by atoms with van der Waals surface area (Å²) < 4.78 is 6.47. The molecule has 1 amide bonds. The van der Waals surface area contributed by atoms with Gasteiger partial charge in [0, 0.05) is 26.7 Å². The van der Waals surface area contributed by atoms with Gasteiger partial charge in [0.15, 0.2) is 5.69 Å². The number of rotatable bonds is 11. The second-order valence-corrected chi connectivity index (χ2v) is 9.66. The summed E-state index contributed by atoms with van der Waals surface area (Å²) in [6.45, 7) is 9.85. The Kier molecular flexibility index (Phi) is 9.64. The minimum absolute atomic E-state index is 0.00734. The number of methoxy groups -OCH3 is 1. The maximum atomic E-state index is 13.3. The van der Waals surface area contributed by atoms with Gasteiger partial charge in [-0.05, 0) is 30.0 Å². The van der Waals surface area contributed by atoms with Gasteiger partial charge < -0.3 is 15.4 Å². The molecule has 188 valence electrons. The largest absolute Gasteiger partial charge is 0.383 e. The summed E-state index contributed by atoms with van der Waals surface area (Å²) in [4.78, 5) is 43.8. The van der Waals surface area contributed by atoms with Crippen LogP contribution in [-0.2, 0) is 28.0 Å². The molecule has 1 heterocycles. The predicted molar refractivity (Wildman–Crippen MR) is 136 cm³/mol. The molecular formula is C25H39N5O4. The first kappa shape index (κ1) is 27.3. The molecule has 0 saturated heterocycles. The normalized spacial score (nSPS) is 11.7. The van der Waals surface area contributed by atoms with Gasteiger partial charge in [0.25, 0.3) is 5.56 Å². The Hall–Kier alpha value is -2.91. The van der Waals surface area contributed by atoms with Crippen LogP contribution < -0.4 is 21.9 Å². The zero-order valence-electron chi connectivity index (χ0n) is 21.3. The molecule has 2 aromatic rings. The smallest absolute Gasteiger partial charge is 0.330 e. The van der Waals surface area contributed by atoms with E-state index in [9.17, 15) is 14.4 Å². The van der Waals surface area contributed by atoms with Crippen LogP contribution in [0.15, 0.2) is 33.9 Å². The molecule has 9 nitrogen and oxygen atoms in total. The van der Waals surface area contributed by atoms with Crippen molar-refractivity contribution in [3.63, 3.8) is 0 Å². The molecule has 2 rings (SSSR count). The summed E-state index contributed by atoms with van der Waals surface area (Å²) in [5, 5.41) is 0. The number of hydrogen-bond acceptors (Lipinski definition) is 6. The first-order chi connectivity index (χ1) is 16.0. The molecule has 0 aliphatic heterocycles. The number of ether oxygens (including phenoxy) is 1. The number of aromatic nitrogens is 2. The summed E-state index contributed by atoms with van der Waals surface area (Å²) >= 11 is 0. The maximum absolute atomic E-state index is 13.3. The van der Waals surface area contributed by atoms with Crippen LogP contribution in [0, 0.1) is 0 Å². The van der Waals surface area contributed by atoms with E-state index in [1.807, 2.05) is 18.9 Å². The van der Waals surface area contributed by atoms with Crippen molar-refractivity contribution in [1.82, 2.24) is 14.5 Å². The molecule has 0 spiro atoms. The molecule has 0 radical (unpaired) electrons. The highest BCUT2D eigenvalue weighted by atomic mass is 16.5. The Morgan fingerprint density at radius 1 is 1.18 bits per heavy atom. The number of carbonyl (C=O) groups excluding carboxylic acids is 1. The molecule has 34 heavy (non-hydrogen) atoms. The fourth-order valence-corrected chi connectivity index (χ4v) is 3.71. The van der Waals surface area contributed by atoms with Gasteiger partial charge in [0.05, 0.1) is 13.2 Å². The SMILES string of the molecule is CCCCn1c(N)c(N(CCOC)C(=O)CN(C)Cc2ccc(C(C)(C)C)cc2)c(=O)[nH]c1=O. The Labute approximate surface area is 201 Å². The lowest BCUT2D eigenvalue weighted by Crippen LogP contribution is -2.45. The summed E-state index contributed by atoms with van der Waals surface area (Å²) in [5.41, 5.74) is 7.36. The minimum Gasteiger partial charge on any atom is -0.383 e. The van der Waals surface area contributed by atoms with Crippen molar-refractivity contribution in [3.05, 3.63) is 56.2 Å². The van der Waals surface area contributed by atoms with Gasteiger partial charge in [-0.15, -0.1) is 0 Å². The summed E-state index contributed by atoms with van der Waals surface area (Å²) in [5.74, 6) is -0.309. The fraction of sp³-hybridized carbons (Fsp3) is 0.560. The number of aromatic amines is 1. The highest BCUT2D eigenvalue weighted by molar-refractivity contribution is 5.96. The third-order valence-electron chi connectivity index (χ3n) is 5.72. The average Bonchev–Trinajstić information content (AvgIpc) is 2.75. The lowest BCUT2D eigenvalue weighted by molar-refractivity contribution is -0.119. The number of hydrogen-bond donors (Lipinski definition) is 2. The van der Waals surface area contributed by atoms with Crippen molar-refractivity contribution in [2.24, 2.45) is 0 Å². The van der Waals surface area contributed by atoms with Crippen molar-refractivity contribution in [1.29, 1.82) is 0 Å². The van der Waals surface area contributed by atoms with Crippen molar-refractivity contribution in [3.8, 4) is 0 Å². The molecule has 1 aromatic heterocycles. The number of amides is 1. The van der Waals surface area contributed by atoms with Crippen molar-refractivity contribution in [2.45, 2.75) is 59.0 Å². The second kappa shape index (κ2) is 12.0. The first-order valence-corrected chi connectivity index (χ1v) is 11.7. The molecule has 9 heteroatoms. The number of carbonyl (C=O) groups is 1. The molecule has 0 aliphatic carbocycles. The molecule has 0 unspecified atom stereocenters. The van der Waals surface area contributed by atoms with Crippen LogP contribution in [0.1, 0.15) is 51.7 Å². The molecule has 0 fully saturated rings. The van der Waals surface area contributed by atoms with Gasteiger partial charge in [0.2, 0.25) is 5.91 Å². The monoisotopic (exact) mass is 473 g/mol. The number of nitrogen functional groups attached to an aromatic ring is 1. The van der Waals surface area contributed by atoms with E-state index in [4.69, 9.17) is 10.5 Å². The van der Waals surface area contributed by atoms with E-state index in [-0.39, 0.29) is 42.5 Å². The molecule has 0 bridgehead atoms. The number of likely N-dealkylation sites (N-methyl/N-ethyl adjacent to an activating group) is 1. The van der Waals surface area contributed by atoms with E-state index < -0.39 is 11.2 Å². The number of anilines is 2.